The molecular formula is C25H34N4O2. The van der Waals surface area contributed by atoms with E-state index < -0.39 is 11.1 Å². The van der Waals surface area contributed by atoms with Gasteiger partial charge in [0.1, 0.15) is 0 Å². The Morgan fingerprint density at radius 2 is 1.19 bits per heavy atom. The third-order valence-corrected chi connectivity index (χ3v) is 5.85. The molecule has 1 saturated heterocycles. The summed E-state index contributed by atoms with van der Waals surface area (Å²) in [6, 6.07) is 15.1. The fraction of sp³-hybridized carbons (Fsp3) is 0.440. The molecule has 1 fully saturated rings. The Balaban J connectivity index is 1.67. The highest BCUT2D eigenvalue weighted by Gasteiger charge is 2.48. The van der Waals surface area contributed by atoms with Crippen LogP contribution in [-0.2, 0) is 0 Å². The van der Waals surface area contributed by atoms with Crippen molar-refractivity contribution in [2.24, 2.45) is 0 Å². The van der Waals surface area contributed by atoms with Gasteiger partial charge in [0.2, 0.25) is 0 Å². The molecule has 31 heavy (non-hydrogen) atoms. The van der Waals surface area contributed by atoms with E-state index in [-0.39, 0.29) is 18.1 Å². The summed E-state index contributed by atoms with van der Waals surface area (Å²) in [4.78, 5) is 27.7. The van der Waals surface area contributed by atoms with E-state index >= 15 is 0 Å². The van der Waals surface area contributed by atoms with Crippen molar-refractivity contribution < 1.29 is 9.59 Å². The number of anilines is 2. The molecule has 1 aliphatic rings. The summed E-state index contributed by atoms with van der Waals surface area (Å²) in [6.07, 6.45) is 1.33. The van der Waals surface area contributed by atoms with Gasteiger partial charge >= 0.3 is 12.1 Å². The normalized spacial score (nSPS) is 17.7. The van der Waals surface area contributed by atoms with Crippen molar-refractivity contribution in [2.45, 2.75) is 71.5 Å². The van der Waals surface area contributed by atoms with Crippen LogP contribution in [0.15, 0.2) is 48.5 Å². The minimum absolute atomic E-state index is 0.0427. The van der Waals surface area contributed by atoms with Gasteiger partial charge in [0, 0.05) is 28.5 Å². The van der Waals surface area contributed by atoms with E-state index in [9.17, 15) is 9.59 Å². The molecule has 1 aliphatic heterocycles. The van der Waals surface area contributed by atoms with Gasteiger partial charge in [-0.1, -0.05) is 35.4 Å². The predicted molar refractivity (Wildman–Crippen MR) is 127 cm³/mol. The van der Waals surface area contributed by atoms with E-state index in [1.807, 2.05) is 67.3 Å². The Bertz CT molecular complexity index is 915. The number of nitrogens with zero attached hydrogens (tertiary/aromatic N) is 1. The van der Waals surface area contributed by atoms with Crippen LogP contribution in [0, 0.1) is 13.8 Å². The Morgan fingerprint density at radius 3 is 1.65 bits per heavy atom. The van der Waals surface area contributed by atoms with Gasteiger partial charge in [-0.25, -0.2) is 9.59 Å². The first-order valence-corrected chi connectivity index (χ1v) is 10.8. The van der Waals surface area contributed by atoms with Crippen LogP contribution in [0.3, 0.4) is 0 Å². The fourth-order valence-corrected chi connectivity index (χ4v) is 4.74. The van der Waals surface area contributed by atoms with Crippen LogP contribution in [0.1, 0.15) is 51.7 Å². The quantitative estimate of drug-likeness (QED) is 0.595. The maximum Gasteiger partial charge on any atom is 0.322 e. The number of carbonyl (C=O) groups excluding carboxylic acids is 2. The lowest BCUT2D eigenvalue weighted by molar-refractivity contribution is 0.00426. The van der Waals surface area contributed by atoms with E-state index in [0.29, 0.717) is 12.8 Å². The lowest BCUT2D eigenvalue weighted by Gasteiger charge is -2.55. The number of nitrogens with one attached hydrogen (secondary N) is 3. The molecule has 3 N–H and O–H groups in total. The number of rotatable bonds is 3. The summed E-state index contributed by atoms with van der Waals surface area (Å²) in [5.74, 6) is 0. The predicted octanol–water partition coefficient (Wildman–Crippen LogP) is 5.68. The largest absolute Gasteiger partial charge is 0.335 e. The number of urea groups is 2. The fourth-order valence-electron chi connectivity index (χ4n) is 4.74. The number of aryl methyl sites for hydroxylation is 2. The van der Waals surface area contributed by atoms with Crippen molar-refractivity contribution in [3.05, 3.63) is 59.7 Å². The van der Waals surface area contributed by atoms with Crippen LogP contribution in [-0.4, -0.2) is 34.1 Å². The summed E-state index contributed by atoms with van der Waals surface area (Å²) in [5, 5.41) is 9.03. The Kier molecular flexibility index (Phi) is 6.30. The van der Waals surface area contributed by atoms with Crippen molar-refractivity contribution >= 4 is 23.4 Å². The van der Waals surface area contributed by atoms with E-state index in [1.165, 1.54) is 0 Å². The molecule has 0 bridgehead atoms. The average molecular weight is 423 g/mol. The second kappa shape index (κ2) is 8.61. The molecule has 2 aromatic rings. The van der Waals surface area contributed by atoms with Gasteiger partial charge in [-0.2, -0.15) is 0 Å². The molecule has 2 aromatic carbocycles. The van der Waals surface area contributed by atoms with Crippen LogP contribution in [0.2, 0.25) is 0 Å². The van der Waals surface area contributed by atoms with Crippen LogP contribution in [0.5, 0.6) is 0 Å². The lowest BCUT2D eigenvalue weighted by Crippen LogP contribution is -2.67. The van der Waals surface area contributed by atoms with E-state index in [4.69, 9.17) is 0 Å². The van der Waals surface area contributed by atoms with Crippen LogP contribution >= 0.6 is 0 Å². The summed E-state index contributed by atoms with van der Waals surface area (Å²) >= 11 is 0. The second-order valence-electron chi connectivity index (χ2n) is 9.83. The zero-order chi connectivity index (χ0) is 22.8. The highest BCUT2D eigenvalue weighted by atomic mass is 16.2. The molecule has 0 aromatic heterocycles. The Hall–Kier alpha value is -3.02. The summed E-state index contributed by atoms with van der Waals surface area (Å²) in [7, 11) is 0. The van der Waals surface area contributed by atoms with Crippen molar-refractivity contribution in [2.75, 3.05) is 10.6 Å². The average Bonchev–Trinajstić information content (AvgIpc) is 2.63. The molecular weight excluding hydrogens is 388 g/mol. The topological polar surface area (TPSA) is 73.5 Å². The van der Waals surface area contributed by atoms with Crippen molar-refractivity contribution in [3.63, 3.8) is 0 Å². The van der Waals surface area contributed by atoms with Gasteiger partial charge < -0.3 is 20.9 Å². The van der Waals surface area contributed by atoms with Crippen LogP contribution in [0.25, 0.3) is 0 Å². The monoisotopic (exact) mass is 422 g/mol. The first-order chi connectivity index (χ1) is 14.5. The third kappa shape index (κ3) is 5.57. The number of hydrogen-bond acceptors (Lipinski definition) is 2. The summed E-state index contributed by atoms with van der Waals surface area (Å²) in [6.45, 7) is 12.2. The molecule has 166 valence electrons. The molecule has 0 spiro atoms. The molecule has 0 atom stereocenters. The minimum atomic E-state index is -0.432. The Morgan fingerprint density at radius 1 is 0.774 bits per heavy atom. The first-order valence-electron chi connectivity index (χ1n) is 10.8. The van der Waals surface area contributed by atoms with Gasteiger partial charge in [-0.3, -0.25) is 0 Å². The zero-order valence-corrected chi connectivity index (χ0v) is 19.4. The highest BCUT2D eigenvalue weighted by Crippen LogP contribution is 2.39. The second-order valence-corrected chi connectivity index (χ2v) is 9.83. The SMILES string of the molecule is Cc1ccc(NC(=O)NC2CC(C)(C)N(C(=O)Nc3ccc(C)cc3)C(C)(C)C2)cc1. The maximum absolute atomic E-state index is 13.2. The van der Waals surface area contributed by atoms with E-state index in [0.717, 1.165) is 22.5 Å². The summed E-state index contributed by atoms with van der Waals surface area (Å²) < 4.78 is 0. The molecule has 0 unspecified atom stereocenters. The summed E-state index contributed by atoms with van der Waals surface area (Å²) in [5.41, 5.74) is 2.97. The van der Waals surface area contributed by atoms with Gasteiger partial charge in [-0.05, 0) is 78.6 Å². The van der Waals surface area contributed by atoms with E-state index in [1.54, 1.807) is 0 Å². The Labute approximate surface area is 185 Å². The molecule has 3 rings (SSSR count). The van der Waals surface area contributed by atoms with Crippen LogP contribution in [0.4, 0.5) is 21.0 Å². The van der Waals surface area contributed by atoms with Crippen molar-refractivity contribution in [1.29, 1.82) is 0 Å². The molecule has 6 heteroatoms. The van der Waals surface area contributed by atoms with Gasteiger partial charge in [0.05, 0.1) is 0 Å². The standard InChI is InChI=1S/C25H34N4O2/c1-17-7-11-19(12-8-17)26-22(30)27-21-15-24(3,4)29(25(5,6)16-21)23(31)28-20-13-9-18(2)10-14-20/h7-14,21H,15-16H2,1-6H3,(H,28,31)(H2,26,27,30). The van der Waals surface area contributed by atoms with Gasteiger partial charge in [0.25, 0.3) is 0 Å². The number of piperidine rings is 1. The highest BCUT2D eigenvalue weighted by molar-refractivity contribution is 5.91. The number of carbonyl (C=O) groups is 2. The molecule has 4 amide bonds. The van der Waals surface area contributed by atoms with Crippen molar-refractivity contribution in [3.8, 4) is 0 Å². The number of benzene rings is 2. The zero-order valence-electron chi connectivity index (χ0n) is 19.4. The number of amides is 4. The lowest BCUT2D eigenvalue weighted by atomic mass is 9.77. The molecule has 0 radical (unpaired) electrons. The van der Waals surface area contributed by atoms with Gasteiger partial charge in [0.15, 0.2) is 0 Å². The molecule has 0 aliphatic carbocycles. The molecule has 6 nitrogen and oxygen atoms in total. The third-order valence-electron chi connectivity index (χ3n) is 5.85. The van der Waals surface area contributed by atoms with Crippen molar-refractivity contribution in [1.82, 2.24) is 10.2 Å². The maximum atomic E-state index is 13.2. The van der Waals surface area contributed by atoms with Gasteiger partial charge in [-0.15, -0.1) is 0 Å². The first kappa shape index (κ1) is 22.7. The molecule has 1 heterocycles. The number of hydrogen-bond donors (Lipinski definition) is 3. The molecule has 0 saturated carbocycles. The van der Waals surface area contributed by atoms with Crippen LogP contribution < -0.4 is 16.0 Å². The van der Waals surface area contributed by atoms with E-state index in [2.05, 4.69) is 43.6 Å². The number of likely N-dealkylation sites (tertiary alicyclic amines) is 1. The smallest absolute Gasteiger partial charge is 0.322 e. The minimum Gasteiger partial charge on any atom is -0.335 e.